The molecule has 0 unspecified atom stereocenters. The number of nitrogens with zero attached hydrogens (tertiary/aromatic N) is 4. The number of alkyl halides is 1. The van der Waals surface area contributed by atoms with E-state index in [1.54, 1.807) is 23.9 Å². The van der Waals surface area contributed by atoms with Gasteiger partial charge in [-0.1, -0.05) is 13.8 Å². The molecule has 10 heteroatoms. The number of hydrogen-bond donors (Lipinski definition) is 1. The Bertz CT molecular complexity index is 1190. The maximum Gasteiger partial charge on any atom is 0.354 e. The quantitative estimate of drug-likeness (QED) is 0.448. The maximum absolute atomic E-state index is 15.3. The minimum absolute atomic E-state index is 0.00389. The van der Waals surface area contributed by atoms with Crippen LogP contribution in [0.25, 0.3) is 16.7 Å². The smallest absolute Gasteiger partial charge is 0.354 e. The molecule has 1 N–H and O–H groups in total. The molecule has 0 atom stereocenters. The first-order valence-corrected chi connectivity index (χ1v) is 11.7. The Morgan fingerprint density at radius 2 is 1.89 bits per heavy atom. The van der Waals surface area contributed by atoms with E-state index in [0.717, 1.165) is 11.1 Å². The predicted octanol–water partition coefficient (Wildman–Crippen LogP) is 4.35. The normalized spacial score (nSPS) is 15.8. The van der Waals surface area contributed by atoms with Crippen LogP contribution in [0.3, 0.4) is 0 Å². The van der Waals surface area contributed by atoms with Crippen molar-refractivity contribution in [2.75, 3.05) is 44.9 Å². The molecule has 3 heterocycles. The van der Waals surface area contributed by atoms with Crippen molar-refractivity contribution in [3.8, 4) is 5.69 Å². The van der Waals surface area contributed by atoms with Gasteiger partial charge in [0, 0.05) is 33.0 Å². The van der Waals surface area contributed by atoms with E-state index in [1.165, 1.54) is 18.2 Å². The standard InChI is InChI=1S/C25H30F2N4O4/c1-16(2)22-21-20(30-10-8-25(27,9-11-30)15-35-13-12-34-3)14-19(24(32)33)28-23(21)31(29-22)18-6-4-17(26)5-7-18/h4-7,14,16H,8-13,15H2,1-3H3,(H,32,33). The zero-order chi connectivity index (χ0) is 25.2. The summed E-state index contributed by atoms with van der Waals surface area (Å²) in [5.41, 5.74) is 0.751. The Labute approximate surface area is 202 Å². The number of benzene rings is 1. The molecule has 0 aliphatic carbocycles. The van der Waals surface area contributed by atoms with Crippen molar-refractivity contribution >= 4 is 22.7 Å². The molecule has 0 bridgehead atoms. The molecule has 35 heavy (non-hydrogen) atoms. The Morgan fingerprint density at radius 1 is 1.20 bits per heavy atom. The van der Waals surface area contributed by atoms with Gasteiger partial charge in [-0.2, -0.15) is 5.10 Å². The number of aromatic carboxylic acids is 1. The average Bonchev–Trinajstić information content (AvgIpc) is 3.22. The second kappa shape index (κ2) is 10.2. The monoisotopic (exact) mass is 488 g/mol. The molecule has 1 aliphatic rings. The average molecular weight is 489 g/mol. The third-order valence-electron chi connectivity index (χ3n) is 6.27. The second-order valence-electron chi connectivity index (χ2n) is 9.14. The Balaban J connectivity index is 1.74. The lowest BCUT2D eigenvalue weighted by molar-refractivity contribution is -0.0161. The SMILES string of the molecule is COCCOCC1(F)CCN(c2cc(C(=O)O)nc3c2c(C(C)C)nn3-c2ccc(F)cc2)CC1. The molecular formula is C25H30F2N4O4. The van der Waals surface area contributed by atoms with Crippen LogP contribution in [0.5, 0.6) is 0 Å². The fourth-order valence-corrected chi connectivity index (χ4v) is 4.34. The first kappa shape index (κ1) is 25.0. The molecule has 0 radical (unpaired) electrons. The highest BCUT2D eigenvalue weighted by Crippen LogP contribution is 2.38. The fraction of sp³-hybridized carbons (Fsp3) is 0.480. The minimum atomic E-state index is -1.45. The molecule has 2 aromatic heterocycles. The minimum Gasteiger partial charge on any atom is -0.477 e. The van der Waals surface area contributed by atoms with E-state index in [2.05, 4.69) is 4.98 Å². The molecule has 3 aromatic rings. The fourth-order valence-electron chi connectivity index (χ4n) is 4.34. The largest absolute Gasteiger partial charge is 0.477 e. The van der Waals surface area contributed by atoms with Gasteiger partial charge < -0.3 is 19.5 Å². The van der Waals surface area contributed by atoms with Crippen molar-refractivity contribution in [3.63, 3.8) is 0 Å². The highest BCUT2D eigenvalue weighted by atomic mass is 19.1. The van der Waals surface area contributed by atoms with E-state index in [0.29, 0.717) is 43.3 Å². The molecule has 1 saturated heterocycles. The van der Waals surface area contributed by atoms with Crippen molar-refractivity contribution in [1.29, 1.82) is 0 Å². The topological polar surface area (TPSA) is 89.7 Å². The number of rotatable bonds is 9. The number of carbonyl (C=O) groups is 1. The van der Waals surface area contributed by atoms with Crippen molar-refractivity contribution in [2.45, 2.75) is 38.3 Å². The van der Waals surface area contributed by atoms with Gasteiger partial charge >= 0.3 is 5.97 Å². The summed E-state index contributed by atoms with van der Waals surface area (Å²) in [6.45, 7) is 5.50. The van der Waals surface area contributed by atoms with Crippen molar-refractivity contribution < 1.29 is 28.2 Å². The second-order valence-corrected chi connectivity index (χ2v) is 9.14. The number of hydrogen-bond acceptors (Lipinski definition) is 6. The summed E-state index contributed by atoms with van der Waals surface area (Å²) in [4.78, 5) is 18.3. The maximum atomic E-state index is 15.3. The van der Waals surface area contributed by atoms with Crippen LogP contribution in [0.2, 0.25) is 0 Å². The van der Waals surface area contributed by atoms with E-state index in [9.17, 15) is 14.3 Å². The molecule has 1 aromatic carbocycles. The summed E-state index contributed by atoms with van der Waals surface area (Å²) in [6, 6.07) is 7.32. The highest BCUT2D eigenvalue weighted by Gasteiger charge is 2.36. The van der Waals surface area contributed by atoms with Crippen LogP contribution in [-0.4, -0.2) is 71.5 Å². The van der Waals surface area contributed by atoms with Gasteiger partial charge in [0.15, 0.2) is 11.3 Å². The number of pyridine rings is 1. The van der Waals surface area contributed by atoms with Gasteiger partial charge in [0.2, 0.25) is 0 Å². The number of fused-ring (bicyclic) bond motifs is 1. The number of aromatic nitrogens is 3. The molecule has 1 aliphatic heterocycles. The van der Waals surface area contributed by atoms with E-state index in [-0.39, 0.29) is 36.9 Å². The molecule has 0 spiro atoms. The van der Waals surface area contributed by atoms with Gasteiger partial charge in [0.05, 0.1) is 42.3 Å². The highest BCUT2D eigenvalue weighted by molar-refractivity contribution is 5.98. The molecule has 4 rings (SSSR count). The molecular weight excluding hydrogens is 458 g/mol. The lowest BCUT2D eigenvalue weighted by Crippen LogP contribution is -2.44. The molecule has 0 amide bonds. The summed E-state index contributed by atoms with van der Waals surface area (Å²) in [5.74, 6) is -1.55. The molecule has 0 saturated carbocycles. The van der Waals surface area contributed by atoms with Gasteiger partial charge in [-0.15, -0.1) is 0 Å². The van der Waals surface area contributed by atoms with Crippen LogP contribution >= 0.6 is 0 Å². The van der Waals surface area contributed by atoms with E-state index in [1.807, 2.05) is 18.7 Å². The van der Waals surface area contributed by atoms with Crippen molar-refractivity contribution in [3.05, 3.63) is 47.5 Å². The van der Waals surface area contributed by atoms with Gasteiger partial charge in [-0.05, 0) is 36.2 Å². The van der Waals surface area contributed by atoms with E-state index in [4.69, 9.17) is 14.6 Å². The van der Waals surface area contributed by atoms with Crippen molar-refractivity contribution in [1.82, 2.24) is 14.8 Å². The van der Waals surface area contributed by atoms with Crippen LogP contribution in [0.15, 0.2) is 30.3 Å². The number of methoxy groups -OCH3 is 1. The van der Waals surface area contributed by atoms with E-state index >= 15 is 4.39 Å². The summed E-state index contributed by atoms with van der Waals surface area (Å²) < 4.78 is 40.8. The van der Waals surface area contributed by atoms with Crippen LogP contribution in [0.1, 0.15) is 48.8 Å². The lowest BCUT2D eigenvalue weighted by Gasteiger charge is -2.37. The van der Waals surface area contributed by atoms with Crippen LogP contribution in [-0.2, 0) is 9.47 Å². The molecule has 188 valence electrons. The van der Waals surface area contributed by atoms with Gasteiger partial charge in [-0.25, -0.2) is 23.2 Å². The molecule has 8 nitrogen and oxygen atoms in total. The number of piperidine rings is 1. The predicted molar refractivity (Wildman–Crippen MR) is 128 cm³/mol. The first-order chi connectivity index (χ1) is 16.7. The summed E-state index contributed by atoms with van der Waals surface area (Å²) in [7, 11) is 1.57. The van der Waals surface area contributed by atoms with Gasteiger partial charge in [0.25, 0.3) is 0 Å². The third kappa shape index (κ3) is 5.28. The van der Waals surface area contributed by atoms with Crippen LogP contribution in [0, 0.1) is 5.82 Å². The Kier molecular flexibility index (Phi) is 7.32. The number of anilines is 1. The zero-order valence-electron chi connectivity index (χ0n) is 20.1. The summed E-state index contributed by atoms with van der Waals surface area (Å²) in [6.07, 6.45) is 0.491. The lowest BCUT2D eigenvalue weighted by atomic mass is 9.93. The Morgan fingerprint density at radius 3 is 2.49 bits per heavy atom. The van der Waals surface area contributed by atoms with Crippen LogP contribution in [0.4, 0.5) is 14.5 Å². The van der Waals surface area contributed by atoms with Gasteiger partial charge in [0.1, 0.15) is 11.5 Å². The summed E-state index contributed by atoms with van der Waals surface area (Å²) >= 11 is 0. The third-order valence-corrected chi connectivity index (χ3v) is 6.27. The first-order valence-electron chi connectivity index (χ1n) is 11.7. The van der Waals surface area contributed by atoms with Crippen LogP contribution < -0.4 is 4.90 Å². The number of carboxylic acids is 1. The number of halogens is 2. The molecule has 1 fully saturated rings. The van der Waals surface area contributed by atoms with Gasteiger partial charge in [-0.3, -0.25) is 0 Å². The van der Waals surface area contributed by atoms with E-state index < -0.39 is 11.6 Å². The number of carboxylic acid groups (broad SMARTS) is 1. The number of ether oxygens (including phenoxy) is 2. The Hall–Kier alpha value is -3.11. The van der Waals surface area contributed by atoms with Crippen molar-refractivity contribution in [2.24, 2.45) is 0 Å². The summed E-state index contributed by atoms with van der Waals surface area (Å²) in [5, 5.41) is 15.2. The zero-order valence-corrected chi connectivity index (χ0v) is 20.1.